The summed E-state index contributed by atoms with van der Waals surface area (Å²) in [6.07, 6.45) is 4.68. The molecule has 20 heavy (non-hydrogen) atoms. The van der Waals surface area contributed by atoms with Gasteiger partial charge < -0.3 is 4.74 Å². The largest absolute Gasteiger partial charge is 0.446 e. The lowest BCUT2D eigenvalue weighted by Crippen LogP contribution is -2.22. The molecule has 0 radical (unpaired) electrons. The van der Waals surface area contributed by atoms with E-state index in [9.17, 15) is 4.79 Å². The second-order valence-corrected chi connectivity index (χ2v) is 4.75. The van der Waals surface area contributed by atoms with Crippen molar-refractivity contribution in [2.45, 2.75) is 52.1 Å². The van der Waals surface area contributed by atoms with E-state index in [1.807, 2.05) is 13.0 Å². The number of carbonyl (C=O) groups excluding carboxylic acids is 1. The second-order valence-electron chi connectivity index (χ2n) is 4.75. The van der Waals surface area contributed by atoms with Gasteiger partial charge in [0.15, 0.2) is 0 Å². The Labute approximate surface area is 120 Å². The Balaban J connectivity index is 2.42. The molecule has 4 nitrogen and oxygen atoms in total. The number of nitriles is 1. The van der Waals surface area contributed by atoms with E-state index in [4.69, 9.17) is 10.00 Å². The minimum Gasteiger partial charge on any atom is -0.446 e. The summed E-state index contributed by atoms with van der Waals surface area (Å²) < 4.78 is 5.39. The highest BCUT2D eigenvalue weighted by molar-refractivity contribution is 5.84. The first-order chi connectivity index (χ1) is 9.69. The van der Waals surface area contributed by atoms with Gasteiger partial charge in [-0.3, -0.25) is 5.32 Å². The fourth-order valence-corrected chi connectivity index (χ4v) is 1.90. The number of rotatable bonds is 7. The van der Waals surface area contributed by atoms with Crippen LogP contribution in [0.2, 0.25) is 0 Å². The molecule has 0 aliphatic carbocycles. The Kier molecular flexibility index (Phi) is 7.20. The number of unbranched alkanes of at least 4 members (excludes halogenated alkanes) is 2. The van der Waals surface area contributed by atoms with Gasteiger partial charge in [-0.05, 0) is 43.5 Å². The van der Waals surface area contributed by atoms with Crippen molar-refractivity contribution in [3.05, 3.63) is 29.8 Å². The van der Waals surface area contributed by atoms with Gasteiger partial charge in [0.25, 0.3) is 0 Å². The third kappa shape index (κ3) is 5.75. The van der Waals surface area contributed by atoms with Crippen LogP contribution in [-0.4, -0.2) is 12.2 Å². The van der Waals surface area contributed by atoms with Gasteiger partial charge in [0.2, 0.25) is 0 Å². The molecule has 1 aromatic rings. The number of carbonyl (C=O) groups is 1. The van der Waals surface area contributed by atoms with Crippen molar-refractivity contribution in [1.82, 2.24) is 0 Å². The van der Waals surface area contributed by atoms with E-state index in [-0.39, 0.29) is 6.10 Å². The van der Waals surface area contributed by atoms with Gasteiger partial charge in [-0.15, -0.1) is 0 Å². The lowest BCUT2D eigenvalue weighted by Gasteiger charge is -2.16. The van der Waals surface area contributed by atoms with Gasteiger partial charge in [0, 0.05) is 5.69 Å². The zero-order valence-electron chi connectivity index (χ0n) is 12.2. The summed E-state index contributed by atoms with van der Waals surface area (Å²) in [7, 11) is 0. The molecule has 1 aromatic carbocycles. The standard InChI is InChI=1S/C16H22N2O2/c1-3-5-6-7-15(4-2)20-16(19)18-14-10-8-13(12-17)9-11-14/h8-11,15H,3-7H2,1-2H3,(H,18,19). The molecular formula is C16H22N2O2. The molecule has 108 valence electrons. The Morgan fingerprint density at radius 3 is 2.55 bits per heavy atom. The van der Waals surface area contributed by atoms with E-state index in [0.717, 1.165) is 32.1 Å². The molecule has 0 heterocycles. The van der Waals surface area contributed by atoms with E-state index in [1.165, 1.54) is 0 Å². The van der Waals surface area contributed by atoms with Gasteiger partial charge in [0.1, 0.15) is 6.10 Å². The third-order valence-corrected chi connectivity index (χ3v) is 3.12. The number of ether oxygens (including phenoxy) is 1. The lowest BCUT2D eigenvalue weighted by atomic mass is 10.1. The first-order valence-electron chi connectivity index (χ1n) is 7.17. The van der Waals surface area contributed by atoms with Crippen LogP contribution in [0.3, 0.4) is 0 Å². The van der Waals surface area contributed by atoms with E-state index in [0.29, 0.717) is 11.3 Å². The highest BCUT2D eigenvalue weighted by Gasteiger charge is 2.12. The van der Waals surface area contributed by atoms with Crippen LogP contribution in [0.4, 0.5) is 10.5 Å². The summed E-state index contributed by atoms with van der Waals surface area (Å²) in [6.45, 7) is 4.17. The quantitative estimate of drug-likeness (QED) is 0.746. The fourth-order valence-electron chi connectivity index (χ4n) is 1.90. The zero-order valence-corrected chi connectivity index (χ0v) is 12.2. The Hall–Kier alpha value is -2.02. The van der Waals surface area contributed by atoms with E-state index in [2.05, 4.69) is 12.2 Å². The van der Waals surface area contributed by atoms with Crippen LogP contribution in [-0.2, 0) is 4.74 Å². The molecule has 4 heteroatoms. The molecule has 0 saturated heterocycles. The smallest absolute Gasteiger partial charge is 0.411 e. The van der Waals surface area contributed by atoms with Crippen molar-refractivity contribution < 1.29 is 9.53 Å². The first kappa shape index (κ1) is 16.0. The van der Waals surface area contributed by atoms with Gasteiger partial charge >= 0.3 is 6.09 Å². The number of hydrogen-bond acceptors (Lipinski definition) is 3. The normalized spacial score (nSPS) is 11.4. The van der Waals surface area contributed by atoms with Crippen molar-refractivity contribution in [3.8, 4) is 6.07 Å². The van der Waals surface area contributed by atoms with Crippen molar-refractivity contribution >= 4 is 11.8 Å². The van der Waals surface area contributed by atoms with Crippen molar-refractivity contribution in [2.24, 2.45) is 0 Å². The molecule has 0 fully saturated rings. The number of amides is 1. The minimum absolute atomic E-state index is 0.0278. The van der Waals surface area contributed by atoms with E-state index in [1.54, 1.807) is 24.3 Å². The maximum atomic E-state index is 11.8. The predicted molar refractivity (Wildman–Crippen MR) is 79.5 cm³/mol. The zero-order chi connectivity index (χ0) is 14.8. The molecule has 0 spiro atoms. The third-order valence-electron chi connectivity index (χ3n) is 3.12. The van der Waals surface area contributed by atoms with Crippen LogP contribution in [0, 0.1) is 11.3 Å². The summed E-state index contributed by atoms with van der Waals surface area (Å²) in [5.41, 5.74) is 1.20. The average molecular weight is 274 g/mol. The fraction of sp³-hybridized carbons (Fsp3) is 0.500. The highest BCUT2D eigenvalue weighted by Crippen LogP contribution is 2.13. The van der Waals surface area contributed by atoms with Crippen molar-refractivity contribution in [3.63, 3.8) is 0 Å². The van der Waals surface area contributed by atoms with Gasteiger partial charge in [0.05, 0.1) is 11.6 Å². The number of nitrogens with one attached hydrogen (secondary N) is 1. The van der Waals surface area contributed by atoms with Gasteiger partial charge in [-0.25, -0.2) is 4.79 Å². The Morgan fingerprint density at radius 2 is 2.00 bits per heavy atom. The molecule has 0 aromatic heterocycles. The van der Waals surface area contributed by atoms with Gasteiger partial charge in [-0.2, -0.15) is 5.26 Å². The highest BCUT2D eigenvalue weighted by atomic mass is 16.6. The Morgan fingerprint density at radius 1 is 1.30 bits per heavy atom. The molecule has 0 aliphatic rings. The van der Waals surface area contributed by atoms with E-state index >= 15 is 0 Å². The molecule has 0 saturated carbocycles. The maximum Gasteiger partial charge on any atom is 0.411 e. The molecule has 0 aliphatic heterocycles. The molecule has 1 unspecified atom stereocenters. The average Bonchev–Trinajstić information content (AvgIpc) is 2.47. The van der Waals surface area contributed by atoms with E-state index < -0.39 is 6.09 Å². The molecule has 1 amide bonds. The van der Waals surface area contributed by atoms with Gasteiger partial charge in [-0.1, -0.05) is 26.7 Å². The number of anilines is 1. The summed E-state index contributed by atoms with van der Waals surface area (Å²) in [5.74, 6) is 0. The number of nitrogens with zero attached hydrogens (tertiary/aromatic N) is 1. The predicted octanol–water partition coefficient (Wildman–Crippen LogP) is 4.47. The van der Waals surface area contributed by atoms with Crippen LogP contribution < -0.4 is 5.32 Å². The van der Waals surface area contributed by atoms with Crippen LogP contribution in [0.5, 0.6) is 0 Å². The molecule has 1 rings (SSSR count). The topological polar surface area (TPSA) is 62.1 Å². The number of benzene rings is 1. The first-order valence-corrected chi connectivity index (χ1v) is 7.17. The monoisotopic (exact) mass is 274 g/mol. The van der Waals surface area contributed by atoms with Crippen molar-refractivity contribution in [2.75, 3.05) is 5.32 Å². The maximum absolute atomic E-state index is 11.8. The second kappa shape index (κ2) is 8.98. The lowest BCUT2D eigenvalue weighted by molar-refractivity contribution is 0.101. The molecular weight excluding hydrogens is 252 g/mol. The summed E-state index contributed by atoms with van der Waals surface area (Å²) in [5, 5.41) is 11.4. The molecule has 1 atom stereocenters. The van der Waals surface area contributed by atoms with Crippen LogP contribution in [0.15, 0.2) is 24.3 Å². The molecule has 0 bridgehead atoms. The van der Waals surface area contributed by atoms with Crippen molar-refractivity contribution in [1.29, 1.82) is 5.26 Å². The van der Waals surface area contributed by atoms with Crippen LogP contribution in [0.1, 0.15) is 51.5 Å². The summed E-state index contributed by atoms with van der Waals surface area (Å²) in [6, 6.07) is 8.74. The number of hydrogen-bond donors (Lipinski definition) is 1. The SMILES string of the molecule is CCCCCC(CC)OC(=O)Nc1ccc(C#N)cc1. The minimum atomic E-state index is -0.432. The Bertz CT molecular complexity index is 449. The molecule has 1 N–H and O–H groups in total. The van der Waals surface area contributed by atoms with Crippen LogP contribution in [0.25, 0.3) is 0 Å². The van der Waals surface area contributed by atoms with Crippen LogP contribution >= 0.6 is 0 Å². The summed E-state index contributed by atoms with van der Waals surface area (Å²) in [4.78, 5) is 11.8. The summed E-state index contributed by atoms with van der Waals surface area (Å²) >= 11 is 0.